The fraction of sp³-hybridized carbons (Fsp3) is 0.385. The second kappa shape index (κ2) is 14.4. The summed E-state index contributed by atoms with van der Waals surface area (Å²) in [5.41, 5.74) is 5.65. The monoisotopic (exact) mass is 550 g/mol. The van der Waals surface area contributed by atoms with E-state index in [1.165, 1.54) is 37.8 Å². The van der Waals surface area contributed by atoms with E-state index in [1.54, 1.807) is 17.4 Å². The van der Waals surface area contributed by atoms with Crippen molar-refractivity contribution in [3.8, 4) is 5.75 Å². The number of carbonyl (C=O) groups excluding carboxylic acids is 1. The van der Waals surface area contributed by atoms with Gasteiger partial charge >= 0.3 is 0 Å². The maximum absolute atomic E-state index is 12.8. The van der Waals surface area contributed by atoms with E-state index in [1.807, 2.05) is 36.4 Å². The number of rotatable bonds is 12. The number of anilines is 1. The average Bonchev–Trinajstić information content (AvgIpc) is 3.19. The maximum Gasteiger partial charge on any atom is 0.255 e. The van der Waals surface area contributed by atoms with Gasteiger partial charge in [0.25, 0.3) is 5.91 Å². The highest BCUT2D eigenvalue weighted by atomic mass is 79.9. The molecular weight excluding hydrogens is 520 g/mol. The van der Waals surface area contributed by atoms with Crippen molar-refractivity contribution in [2.24, 2.45) is 0 Å². The van der Waals surface area contributed by atoms with Gasteiger partial charge in [-0.25, -0.2) is 0 Å². The summed E-state index contributed by atoms with van der Waals surface area (Å²) in [7, 11) is 0. The van der Waals surface area contributed by atoms with Crippen molar-refractivity contribution in [1.29, 1.82) is 0 Å². The lowest BCUT2D eigenvalue weighted by Gasteiger charge is -2.11. The van der Waals surface area contributed by atoms with Gasteiger partial charge in [-0.3, -0.25) is 4.79 Å². The summed E-state index contributed by atoms with van der Waals surface area (Å²) in [5.74, 6) is 0.499. The van der Waals surface area contributed by atoms with Gasteiger partial charge < -0.3 is 27.0 Å². The number of aromatic nitrogens is 1. The number of amides is 1. The number of hydrogen-bond acceptors (Lipinski definition) is 3. The van der Waals surface area contributed by atoms with E-state index in [9.17, 15) is 4.79 Å². The quantitative estimate of drug-likeness (QED) is 0.273. The topological polar surface area (TPSA) is 42.2 Å². The average molecular weight is 552 g/mol. The van der Waals surface area contributed by atoms with Crippen molar-refractivity contribution in [3.05, 3.63) is 75.2 Å². The Kier molecular flexibility index (Phi) is 11.9. The molecule has 0 saturated carbocycles. The number of ether oxygens (including phenoxy) is 1. The van der Waals surface area contributed by atoms with Crippen LogP contribution in [0, 0.1) is 6.92 Å². The summed E-state index contributed by atoms with van der Waals surface area (Å²) in [4.78, 5) is 12.8. The highest BCUT2D eigenvalue weighted by molar-refractivity contribution is 7.07. The molecule has 1 aromatic heterocycles. The Morgan fingerprint density at radius 2 is 1.88 bits per heavy atom. The summed E-state index contributed by atoms with van der Waals surface area (Å²) in [6, 6.07) is 13.1. The van der Waals surface area contributed by atoms with E-state index in [-0.39, 0.29) is 22.9 Å². The number of nitrogens with one attached hydrogen (secondary N) is 1. The first kappa shape index (κ1) is 27.4. The van der Waals surface area contributed by atoms with Gasteiger partial charge in [0.1, 0.15) is 5.75 Å². The zero-order valence-electron chi connectivity index (χ0n) is 19.3. The van der Waals surface area contributed by atoms with Crippen LogP contribution >= 0.6 is 22.9 Å². The normalized spacial score (nSPS) is 10.5. The maximum atomic E-state index is 12.8. The largest absolute Gasteiger partial charge is 1.00 e. The van der Waals surface area contributed by atoms with E-state index in [2.05, 4.69) is 34.6 Å². The zero-order valence-corrected chi connectivity index (χ0v) is 22.4. The highest BCUT2D eigenvalue weighted by Crippen LogP contribution is 2.28. The van der Waals surface area contributed by atoms with E-state index in [0.717, 1.165) is 18.5 Å². The number of nitrogens with zero attached hydrogens (tertiary/aromatic N) is 1. The molecule has 3 aromatic rings. The van der Waals surface area contributed by atoms with Crippen LogP contribution in [0.4, 0.5) is 5.69 Å². The van der Waals surface area contributed by atoms with Crippen LogP contribution in [-0.2, 0) is 6.54 Å². The van der Waals surface area contributed by atoms with Gasteiger partial charge in [-0.15, -0.1) is 0 Å². The van der Waals surface area contributed by atoms with Crippen LogP contribution in [0.25, 0.3) is 0 Å². The molecule has 1 N–H and O–H groups in total. The fourth-order valence-corrected chi connectivity index (χ4v) is 4.50. The Hall–Kier alpha value is -1.89. The standard InChI is InChI=1S/C26H31ClN2O2S.BrH/c1-3-4-5-6-7-8-14-31-25-13-12-23(16-24(25)27)28-26(30)22-11-9-10-21(15-22)17-29-19-32-18-20(29)2;/h9-13,15-16,18-19H,3-8,14,17H2,1-2H3;1H. The lowest BCUT2D eigenvalue weighted by molar-refractivity contribution is -0.689. The Balaban J connectivity index is 0.00000385. The fourth-order valence-electron chi connectivity index (χ4n) is 3.49. The summed E-state index contributed by atoms with van der Waals surface area (Å²) >= 11 is 8.05. The molecule has 0 atom stereocenters. The molecule has 33 heavy (non-hydrogen) atoms. The molecule has 0 bridgehead atoms. The zero-order chi connectivity index (χ0) is 22.8. The third-order valence-electron chi connectivity index (χ3n) is 5.37. The van der Waals surface area contributed by atoms with Crippen molar-refractivity contribution in [1.82, 2.24) is 0 Å². The first-order chi connectivity index (χ1) is 15.6. The number of aryl methyl sites for hydroxylation is 1. The van der Waals surface area contributed by atoms with E-state index >= 15 is 0 Å². The lowest BCUT2D eigenvalue weighted by Crippen LogP contribution is -3.00. The number of halogens is 2. The van der Waals surface area contributed by atoms with Gasteiger partial charge in [-0.1, -0.05) is 74.1 Å². The van der Waals surface area contributed by atoms with Gasteiger partial charge in [0, 0.05) is 23.7 Å². The van der Waals surface area contributed by atoms with Crippen LogP contribution in [0.5, 0.6) is 5.75 Å². The first-order valence-electron chi connectivity index (χ1n) is 11.3. The predicted molar refractivity (Wildman–Crippen MR) is 133 cm³/mol. The summed E-state index contributed by atoms with van der Waals surface area (Å²) in [6.07, 6.45) is 7.31. The van der Waals surface area contributed by atoms with E-state index in [0.29, 0.717) is 28.6 Å². The number of hydrogen-bond donors (Lipinski definition) is 1. The lowest BCUT2D eigenvalue weighted by atomic mass is 10.1. The summed E-state index contributed by atoms with van der Waals surface area (Å²) < 4.78 is 7.99. The van der Waals surface area contributed by atoms with Crippen molar-refractivity contribution in [3.63, 3.8) is 0 Å². The van der Waals surface area contributed by atoms with Crippen molar-refractivity contribution < 1.29 is 31.1 Å². The number of unbranched alkanes of at least 4 members (excludes halogenated alkanes) is 5. The second-order valence-corrected chi connectivity index (χ2v) is 9.17. The van der Waals surface area contributed by atoms with Crippen LogP contribution in [0.2, 0.25) is 5.02 Å². The van der Waals surface area contributed by atoms with Crippen LogP contribution in [0.3, 0.4) is 0 Å². The number of thiazole rings is 1. The van der Waals surface area contributed by atoms with Crippen molar-refractivity contribution in [2.75, 3.05) is 11.9 Å². The molecule has 0 aliphatic heterocycles. The first-order valence-corrected chi connectivity index (χ1v) is 12.6. The molecule has 0 spiro atoms. The Morgan fingerprint density at radius 1 is 1.09 bits per heavy atom. The Bertz CT molecular complexity index is 1030. The molecule has 4 nitrogen and oxygen atoms in total. The molecule has 178 valence electrons. The molecule has 0 fully saturated rings. The molecule has 1 amide bonds. The van der Waals surface area contributed by atoms with Crippen LogP contribution in [0.1, 0.15) is 67.1 Å². The Morgan fingerprint density at radius 3 is 2.61 bits per heavy atom. The molecule has 3 rings (SSSR count). The molecular formula is C26H32BrClN2O2S. The smallest absolute Gasteiger partial charge is 0.255 e. The van der Waals surface area contributed by atoms with Gasteiger partial charge in [0.2, 0.25) is 5.51 Å². The van der Waals surface area contributed by atoms with Crippen LogP contribution < -0.4 is 31.6 Å². The predicted octanol–water partition coefficient (Wildman–Crippen LogP) is 4.04. The number of benzene rings is 2. The molecule has 0 saturated heterocycles. The molecule has 0 aliphatic carbocycles. The SMILES string of the molecule is CCCCCCCCOc1ccc(NC(=O)c2cccc(C[n+]3cscc3C)c2)cc1Cl.[Br-]. The summed E-state index contributed by atoms with van der Waals surface area (Å²) in [6.45, 7) is 5.71. The molecule has 2 aromatic carbocycles. The second-order valence-electron chi connectivity index (χ2n) is 8.04. The molecule has 7 heteroatoms. The Labute approximate surface area is 216 Å². The van der Waals surface area contributed by atoms with Crippen LogP contribution in [0.15, 0.2) is 53.4 Å². The van der Waals surface area contributed by atoms with Crippen LogP contribution in [-0.4, -0.2) is 12.5 Å². The molecule has 1 heterocycles. The number of carbonyl (C=O) groups is 1. The molecule has 0 aliphatic rings. The van der Waals surface area contributed by atoms with Gasteiger partial charge in [-0.05, 0) is 36.8 Å². The van der Waals surface area contributed by atoms with Gasteiger partial charge in [-0.2, -0.15) is 4.57 Å². The molecule has 0 unspecified atom stereocenters. The molecule has 0 radical (unpaired) electrons. The summed E-state index contributed by atoms with van der Waals surface area (Å²) in [5, 5.41) is 5.55. The highest BCUT2D eigenvalue weighted by Gasteiger charge is 2.12. The van der Waals surface area contributed by atoms with Gasteiger partial charge in [0.15, 0.2) is 12.2 Å². The van der Waals surface area contributed by atoms with Crippen molar-refractivity contribution >= 4 is 34.5 Å². The minimum absolute atomic E-state index is 0. The minimum atomic E-state index is -0.157. The van der Waals surface area contributed by atoms with Crippen molar-refractivity contribution in [2.45, 2.75) is 58.9 Å². The third-order valence-corrected chi connectivity index (χ3v) is 6.52. The van der Waals surface area contributed by atoms with E-state index < -0.39 is 0 Å². The minimum Gasteiger partial charge on any atom is -1.00 e. The third kappa shape index (κ3) is 8.76. The van der Waals surface area contributed by atoms with E-state index in [4.69, 9.17) is 16.3 Å². The van der Waals surface area contributed by atoms with Gasteiger partial charge in [0.05, 0.1) is 17.0 Å².